The molecule has 0 amide bonds. The highest BCUT2D eigenvalue weighted by molar-refractivity contribution is 7.99. The molecule has 0 fully saturated rings. The van der Waals surface area contributed by atoms with Crippen LogP contribution >= 0.6 is 11.8 Å². The second kappa shape index (κ2) is 6.09. The summed E-state index contributed by atoms with van der Waals surface area (Å²) in [7, 11) is 0. The van der Waals surface area contributed by atoms with Gasteiger partial charge in [-0.2, -0.15) is 10.1 Å². The lowest BCUT2D eigenvalue weighted by Crippen LogP contribution is -2.06. The summed E-state index contributed by atoms with van der Waals surface area (Å²) < 4.78 is 0. The third-order valence-corrected chi connectivity index (χ3v) is 2.94. The number of aromatic nitrogens is 5. The van der Waals surface area contributed by atoms with Crippen molar-refractivity contribution in [1.29, 1.82) is 0 Å². The molecular weight excluding hydrogens is 270 g/mol. The topological polar surface area (TPSA) is 123 Å². The molecule has 0 saturated heterocycles. The Hall–Kier alpha value is -2.23. The zero-order valence-corrected chi connectivity index (χ0v) is 10.8. The summed E-state index contributed by atoms with van der Waals surface area (Å²) in [5, 5.41) is 20.8. The quantitative estimate of drug-likeness (QED) is 0.463. The standard InChI is InChI=1S/C9H11N7O2S/c1-2-3-10-8-11-4-6(16(17)18)7(14-8)19-9-12-5-13-15-9/h4-5H,2-3H2,1H3,(H,10,11,14)(H,12,13,15). The molecule has 0 spiro atoms. The summed E-state index contributed by atoms with van der Waals surface area (Å²) in [5.74, 6) is 0.356. The first-order chi connectivity index (χ1) is 9.20. The fraction of sp³-hybridized carbons (Fsp3) is 0.333. The van der Waals surface area contributed by atoms with E-state index in [1.165, 1.54) is 12.5 Å². The molecule has 0 aliphatic rings. The Kier molecular flexibility index (Phi) is 4.23. The molecule has 0 radical (unpaired) electrons. The first-order valence-electron chi connectivity index (χ1n) is 5.49. The van der Waals surface area contributed by atoms with E-state index < -0.39 is 4.92 Å². The van der Waals surface area contributed by atoms with Crippen molar-refractivity contribution < 1.29 is 4.92 Å². The lowest BCUT2D eigenvalue weighted by atomic mass is 10.5. The minimum absolute atomic E-state index is 0.163. The van der Waals surface area contributed by atoms with Gasteiger partial charge in [-0.05, 0) is 18.2 Å². The average Bonchev–Trinajstić information content (AvgIpc) is 2.89. The molecule has 2 N–H and O–H groups in total. The first kappa shape index (κ1) is 13.2. The maximum Gasteiger partial charge on any atom is 0.320 e. The summed E-state index contributed by atoms with van der Waals surface area (Å²) in [5.41, 5.74) is -0.163. The Morgan fingerprint density at radius 2 is 2.37 bits per heavy atom. The fourth-order valence-electron chi connectivity index (χ4n) is 1.22. The number of aromatic amines is 1. The van der Waals surface area contributed by atoms with Crippen molar-refractivity contribution in [2.24, 2.45) is 0 Å². The molecular formula is C9H11N7O2S. The van der Waals surface area contributed by atoms with Gasteiger partial charge in [0.25, 0.3) is 0 Å². The summed E-state index contributed by atoms with van der Waals surface area (Å²) in [4.78, 5) is 22.3. The summed E-state index contributed by atoms with van der Waals surface area (Å²) in [6, 6.07) is 0. The van der Waals surface area contributed by atoms with Crippen molar-refractivity contribution in [1.82, 2.24) is 25.1 Å². The maximum absolute atomic E-state index is 10.9. The van der Waals surface area contributed by atoms with Gasteiger partial charge < -0.3 is 5.32 Å². The predicted octanol–water partition coefficient (Wildman–Crippen LogP) is 1.48. The van der Waals surface area contributed by atoms with E-state index in [2.05, 4.69) is 30.5 Å². The third-order valence-electron chi connectivity index (χ3n) is 2.05. The maximum atomic E-state index is 10.9. The highest BCUT2D eigenvalue weighted by atomic mass is 32.2. The van der Waals surface area contributed by atoms with E-state index in [-0.39, 0.29) is 10.7 Å². The minimum Gasteiger partial charge on any atom is -0.354 e. The summed E-state index contributed by atoms with van der Waals surface area (Å²) in [6.45, 7) is 2.70. The number of hydrogen-bond donors (Lipinski definition) is 2. The number of H-pyrrole nitrogens is 1. The predicted molar refractivity (Wildman–Crippen MR) is 68.0 cm³/mol. The van der Waals surface area contributed by atoms with Crippen LogP contribution in [0.3, 0.4) is 0 Å². The van der Waals surface area contributed by atoms with E-state index in [0.29, 0.717) is 17.6 Å². The number of hydrogen-bond acceptors (Lipinski definition) is 8. The van der Waals surface area contributed by atoms with Gasteiger partial charge in [0.05, 0.1) is 4.92 Å². The van der Waals surface area contributed by atoms with Gasteiger partial charge >= 0.3 is 5.69 Å². The van der Waals surface area contributed by atoms with Crippen LogP contribution in [0.2, 0.25) is 0 Å². The van der Waals surface area contributed by atoms with Gasteiger partial charge in [-0.15, -0.1) is 0 Å². The lowest BCUT2D eigenvalue weighted by Gasteiger charge is -2.04. The third kappa shape index (κ3) is 3.37. The first-order valence-corrected chi connectivity index (χ1v) is 6.31. The van der Waals surface area contributed by atoms with Crippen molar-refractivity contribution >= 4 is 23.4 Å². The van der Waals surface area contributed by atoms with Gasteiger partial charge in [-0.25, -0.2) is 9.97 Å². The summed E-state index contributed by atoms with van der Waals surface area (Å²) >= 11 is 1.03. The Morgan fingerprint density at radius 1 is 1.53 bits per heavy atom. The molecule has 0 bridgehead atoms. The highest BCUT2D eigenvalue weighted by Crippen LogP contribution is 2.30. The molecule has 0 atom stereocenters. The van der Waals surface area contributed by atoms with Crippen LogP contribution < -0.4 is 5.32 Å². The van der Waals surface area contributed by atoms with Gasteiger partial charge in [0.2, 0.25) is 5.95 Å². The van der Waals surface area contributed by atoms with Gasteiger partial charge in [-0.1, -0.05) is 6.92 Å². The number of nitro groups is 1. The SMILES string of the molecule is CCCNc1ncc([N+](=O)[O-])c(Sc2ncn[nH]2)n1. The molecule has 9 nitrogen and oxygen atoms in total. The van der Waals surface area contributed by atoms with Gasteiger partial charge in [0.15, 0.2) is 10.2 Å². The Balaban J connectivity index is 2.27. The number of anilines is 1. The monoisotopic (exact) mass is 281 g/mol. The van der Waals surface area contributed by atoms with Crippen LogP contribution in [-0.2, 0) is 0 Å². The van der Waals surface area contributed by atoms with Crippen molar-refractivity contribution in [3.8, 4) is 0 Å². The molecule has 0 aromatic carbocycles. The molecule has 2 aromatic heterocycles. The van der Waals surface area contributed by atoms with Crippen molar-refractivity contribution in [2.75, 3.05) is 11.9 Å². The Bertz CT molecular complexity index is 560. The van der Waals surface area contributed by atoms with E-state index >= 15 is 0 Å². The second-order valence-corrected chi connectivity index (χ2v) is 4.44. The molecule has 2 aromatic rings. The molecule has 10 heteroatoms. The number of nitrogens with zero attached hydrogens (tertiary/aromatic N) is 5. The van der Waals surface area contributed by atoms with E-state index in [1.54, 1.807) is 0 Å². The van der Waals surface area contributed by atoms with Crippen LogP contribution in [0.4, 0.5) is 11.6 Å². The van der Waals surface area contributed by atoms with Crippen LogP contribution in [0.25, 0.3) is 0 Å². The Labute approximate surface area is 112 Å². The second-order valence-electron chi connectivity index (χ2n) is 3.46. The van der Waals surface area contributed by atoms with Crippen LogP contribution in [0.15, 0.2) is 22.7 Å². The van der Waals surface area contributed by atoms with Crippen molar-refractivity contribution in [2.45, 2.75) is 23.5 Å². The molecule has 0 aliphatic carbocycles. The van der Waals surface area contributed by atoms with Crippen LogP contribution in [0.5, 0.6) is 0 Å². The number of rotatable bonds is 6. The molecule has 19 heavy (non-hydrogen) atoms. The van der Waals surface area contributed by atoms with Gasteiger partial charge in [-0.3, -0.25) is 15.2 Å². The molecule has 0 saturated carbocycles. The molecule has 2 heterocycles. The van der Waals surface area contributed by atoms with E-state index in [4.69, 9.17) is 0 Å². The number of nitrogens with one attached hydrogen (secondary N) is 2. The van der Waals surface area contributed by atoms with Crippen LogP contribution in [0.1, 0.15) is 13.3 Å². The minimum atomic E-state index is -0.525. The summed E-state index contributed by atoms with van der Waals surface area (Å²) in [6.07, 6.45) is 3.42. The van der Waals surface area contributed by atoms with Crippen LogP contribution in [0, 0.1) is 10.1 Å². The molecule has 2 rings (SSSR count). The van der Waals surface area contributed by atoms with E-state index in [0.717, 1.165) is 18.2 Å². The zero-order chi connectivity index (χ0) is 13.7. The smallest absolute Gasteiger partial charge is 0.320 e. The molecule has 100 valence electrons. The van der Waals surface area contributed by atoms with Crippen molar-refractivity contribution in [3.63, 3.8) is 0 Å². The molecule has 0 aliphatic heterocycles. The fourth-order valence-corrected chi connectivity index (χ4v) is 1.96. The molecule has 0 unspecified atom stereocenters. The zero-order valence-electron chi connectivity index (χ0n) is 10.0. The largest absolute Gasteiger partial charge is 0.354 e. The van der Waals surface area contributed by atoms with Crippen LogP contribution in [-0.4, -0.2) is 36.6 Å². The Morgan fingerprint density at radius 3 is 3.00 bits per heavy atom. The lowest BCUT2D eigenvalue weighted by molar-refractivity contribution is -0.388. The van der Waals surface area contributed by atoms with E-state index in [1.807, 2.05) is 6.92 Å². The normalized spacial score (nSPS) is 10.4. The average molecular weight is 281 g/mol. The van der Waals surface area contributed by atoms with Gasteiger partial charge in [0.1, 0.15) is 12.5 Å². The van der Waals surface area contributed by atoms with Crippen molar-refractivity contribution in [3.05, 3.63) is 22.6 Å². The van der Waals surface area contributed by atoms with E-state index in [9.17, 15) is 10.1 Å². The highest BCUT2D eigenvalue weighted by Gasteiger charge is 2.19. The van der Waals surface area contributed by atoms with Gasteiger partial charge in [0, 0.05) is 6.54 Å².